The Balaban J connectivity index is 0.000000185. The van der Waals surface area contributed by atoms with Gasteiger partial charge in [0.15, 0.2) is 12.4 Å². The summed E-state index contributed by atoms with van der Waals surface area (Å²) in [5.74, 6) is 2.07. The molecule has 0 atom stereocenters. The molecule has 3 aliphatic heterocycles. The molecule has 54 heavy (non-hydrogen) atoms. The largest absolute Gasteiger partial charge is 0.481 e. The van der Waals surface area contributed by atoms with E-state index in [0.29, 0.717) is 27.6 Å². The number of carbonyl (C=O) groups is 3. The van der Waals surface area contributed by atoms with Gasteiger partial charge in [0.1, 0.15) is 28.3 Å². The quantitative estimate of drug-likeness (QED) is 0.206. The lowest BCUT2D eigenvalue weighted by atomic mass is 9.92. The molecule has 3 amide bonds. The Morgan fingerprint density at radius 2 is 1.89 bits per heavy atom. The number of esters is 1. The number of nitrogens with zero attached hydrogens (tertiary/aromatic N) is 6. The van der Waals surface area contributed by atoms with Crippen LogP contribution in [0.15, 0.2) is 52.4 Å². The standard InChI is InChI=1S/C18H17FN4O2S.C17H18N4O6S/c1-4-5-22-13-7-12(11(19)6-14(13)25-9-16(22)24)20-17-23-10-18(2,3)8-15(23)21-26-17;1-10-7-11(2)19-16(18-10)20-17(23)21-28(24,25)14-6-4-3-5-13(14)15(22)27-12-8-26-9-12/h1,6-7H,5,8-10H2,2-3H3;3-7,12H,8-9H2,1-2H3,(H2,18,19,20,21,23)/b20-17-;. The number of anilines is 2. The van der Waals surface area contributed by atoms with Crippen LogP contribution in [0.25, 0.3) is 0 Å². The molecule has 4 aromatic rings. The Kier molecular flexibility index (Phi) is 10.8. The number of rotatable bonds is 7. The van der Waals surface area contributed by atoms with Gasteiger partial charge in [-0.2, -0.15) is 4.37 Å². The molecule has 1 saturated heterocycles. The Morgan fingerprint density at radius 3 is 2.57 bits per heavy atom. The summed E-state index contributed by atoms with van der Waals surface area (Å²) in [6.45, 7) is 9.00. The number of terminal acetylenes is 1. The van der Waals surface area contributed by atoms with E-state index in [2.05, 4.69) is 44.4 Å². The first-order valence-electron chi connectivity index (χ1n) is 16.5. The van der Waals surface area contributed by atoms with E-state index >= 15 is 0 Å². The highest BCUT2D eigenvalue weighted by molar-refractivity contribution is 7.90. The topological polar surface area (TPSA) is 196 Å². The van der Waals surface area contributed by atoms with Crippen molar-refractivity contribution in [3.05, 3.63) is 75.9 Å². The smallest absolute Gasteiger partial charge is 0.339 e. The Bertz CT molecular complexity index is 2350. The number of benzene rings is 2. The van der Waals surface area contributed by atoms with Crippen molar-refractivity contribution in [2.45, 2.75) is 51.7 Å². The Labute approximate surface area is 313 Å². The summed E-state index contributed by atoms with van der Waals surface area (Å²) in [5.41, 5.74) is 1.71. The summed E-state index contributed by atoms with van der Waals surface area (Å²) < 4.78 is 63.5. The molecule has 2 aromatic heterocycles. The average Bonchev–Trinajstić information content (AvgIpc) is 3.58. The van der Waals surface area contributed by atoms with Crippen LogP contribution in [0.5, 0.6) is 5.75 Å². The van der Waals surface area contributed by atoms with Crippen LogP contribution in [-0.2, 0) is 37.3 Å². The van der Waals surface area contributed by atoms with Crippen molar-refractivity contribution in [2.24, 2.45) is 10.4 Å². The highest BCUT2D eigenvalue weighted by atomic mass is 32.2. The van der Waals surface area contributed by atoms with Crippen molar-refractivity contribution in [1.29, 1.82) is 0 Å². The SMILES string of the molecule is C#CCN1C(=O)COc2cc(F)c(/N=c3\snc4n3CC(C)(C)C4)cc21.Cc1cc(C)nc(NC(=O)NS(=O)(=O)c2ccccc2C(=O)OC2COC2)n1. The fourth-order valence-corrected chi connectivity index (χ4v) is 7.56. The molecule has 2 N–H and O–H groups in total. The van der Waals surface area contributed by atoms with Crippen molar-refractivity contribution < 1.29 is 41.4 Å². The third-order valence-corrected chi connectivity index (χ3v) is 10.3. The van der Waals surface area contributed by atoms with E-state index in [4.69, 9.17) is 20.6 Å². The maximum Gasteiger partial charge on any atom is 0.339 e. The van der Waals surface area contributed by atoms with Crippen molar-refractivity contribution >= 4 is 56.8 Å². The van der Waals surface area contributed by atoms with Gasteiger partial charge in [0.05, 0.1) is 31.0 Å². The van der Waals surface area contributed by atoms with E-state index in [-0.39, 0.29) is 59.8 Å². The van der Waals surface area contributed by atoms with Crippen molar-refractivity contribution in [3.63, 3.8) is 0 Å². The number of sulfonamides is 1. The van der Waals surface area contributed by atoms with Gasteiger partial charge in [-0.15, -0.1) is 6.42 Å². The third kappa shape index (κ3) is 8.56. The predicted octanol–water partition coefficient (Wildman–Crippen LogP) is 3.42. The van der Waals surface area contributed by atoms with Gasteiger partial charge < -0.3 is 18.8 Å². The second-order valence-corrected chi connectivity index (χ2v) is 15.6. The number of halogens is 1. The van der Waals surface area contributed by atoms with Gasteiger partial charge in [-0.3, -0.25) is 15.0 Å². The molecule has 0 unspecified atom stereocenters. The monoisotopic (exact) mass is 778 g/mol. The molecule has 3 aliphatic rings. The first-order valence-corrected chi connectivity index (χ1v) is 18.7. The van der Waals surface area contributed by atoms with Gasteiger partial charge in [-0.05, 0) is 43.5 Å². The zero-order chi connectivity index (χ0) is 38.8. The second-order valence-electron chi connectivity index (χ2n) is 13.3. The van der Waals surface area contributed by atoms with Crippen LogP contribution < -0.4 is 24.5 Å². The zero-order valence-electron chi connectivity index (χ0n) is 29.6. The maximum atomic E-state index is 14.5. The minimum atomic E-state index is -4.35. The minimum absolute atomic E-state index is 0.0390. The van der Waals surface area contributed by atoms with Crippen LogP contribution in [0.2, 0.25) is 0 Å². The number of carbonyl (C=O) groups excluding carboxylic acids is 3. The van der Waals surface area contributed by atoms with E-state index in [0.717, 1.165) is 18.8 Å². The third-order valence-electron chi connectivity index (χ3n) is 8.15. The van der Waals surface area contributed by atoms with E-state index in [1.807, 2.05) is 9.29 Å². The molecule has 19 heteroatoms. The lowest BCUT2D eigenvalue weighted by molar-refractivity contribution is -0.121. The number of fused-ring (bicyclic) bond motifs is 2. The van der Waals surface area contributed by atoms with Crippen LogP contribution in [0.3, 0.4) is 0 Å². The number of ether oxygens (including phenoxy) is 3. The minimum Gasteiger partial charge on any atom is -0.481 e. The van der Waals surface area contributed by atoms with Crippen LogP contribution in [0.4, 0.5) is 26.5 Å². The number of hydrogen-bond acceptors (Lipinski definition) is 13. The van der Waals surface area contributed by atoms with Gasteiger partial charge in [-0.25, -0.2) is 42.1 Å². The van der Waals surface area contributed by atoms with E-state index in [1.54, 1.807) is 19.9 Å². The van der Waals surface area contributed by atoms with Crippen LogP contribution in [0.1, 0.15) is 41.4 Å². The zero-order valence-corrected chi connectivity index (χ0v) is 31.2. The molecule has 16 nitrogen and oxygen atoms in total. The summed E-state index contributed by atoms with van der Waals surface area (Å²) in [5, 5.41) is 2.26. The molecule has 5 heterocycles. The molecular formula is C35H35FN8O8S2. The molecule has 0 bridgehead atoms. The second kappa shape index (κ2) is 15.3. The molecule has 2 aromatic carbocycles. The fraction of sp³-hybridized carbons (Fsp3) is 0.343. The number of aromatic nitrogens is 4. The number of amides is 3. The van der Waals surface area contributed by atoms with Crippen molar-refractivity contribution in [1.82, 2.24) is 23.6 Å². The van der Waals surface area contributed by atoms with E-state index < -0.39 is 33.9 Å². The highest BCUT2D eigenvalue weighted by Crippen LogP contribution is 2.37. The number of hydrogen-bond donors (Lipinski definition) is 2. The van der Waals surface area contributed by atoms with E-state index in [1.165, 1.54) is 52.8 Å². The number of nitrogens with one attached hydrogen (secondary N) is 2. The lowest BCUT2D eigenvalue weighted by Crippen LogP contribution is -2.39. The summed E-state index contributed by atoms with van der Waals surface area (Å²) in [6.07, 6.45) is 5.80. The molecule has 0 saturated carbocycles. The van der Waals surface area contributed by atoms with Gasteiger partial charge in [0, 0.05) is 42.0 Å². The average molecular weight is 779 g/mol. The Hall–Kier alpha value is -5.71. The van der Waals surface area contributed by atoms with Crippen LogP contribution >= 0.6 is 11.5 Å². The molecule has 1 fully saturated rings. The normalized spacial score (nSPS) is 16.1. The van der Waals surface area contributed by atoms with Gasteiger partial charge in [0.25, 0.3) is 15.9 Å². The fourth-order valence-electron chi connectivity index (χ4n) is 5.70. The molecule has 282 valence electrons. The molecule has 7 rings (SSSR count). The van der Waals surface area contributed by atoms with Crippen molar-refractivity contribution in [3.8, 4) is 18.1 Å². The predicted molar refractivity (Wildman–Crippen MR) is 193 cm³/mol. The molecule has 0 radical (unpaired) electrons. The molecule has 0 aliphatic carbocycles. The number of aryl methyl sites for hydroxylation is 2. The first kappa shape index (κ1) is 38.0. The Morgan fingerprint density at radius 1 is 1.17 bits per heavy atom. The summed E-state index contributed by atoms with van der Waals surface area (Å²) in [7, 11) is -4.35. The summed E-state index contributed by atoms with van der Waals surface area (Å²) in [6, 6.07) is 8.85. The van der Waals surface area contributed by atoms with Crippen LogP contribution in [0, 0.1) is 37.4 Å². The molecule has 0 spiro atoms. The maximum absolute atomic E-state index is 14.5. The van der Waals surface area contributed by atoms with Gasteiger partial charge in [0.2, 0.25) is 10.7 Å². The summed E-state index contributed by atoms with van der Waals surface area (Å²) >= 11 is 1.24. The van der Waals surface area contributed by atoms with E-state index in [9.17, 15) is 27.2 Å². The highest BCUT2D eigenvalue weighted by Gasteiger charge is 2.32. The van der Waals surface area contributed by atoms with Crippen molar-refractivity contribution in [2.75, 3.05) is 36.6 Å². The van der Waals surface area contributed by atoms with Gasteiger partial charge >= 0.3 is 12.0 Å². The van der Waals surface area contributed by atoms with Gasteiger partial charge in [-0.1, -0.05) is 31.9 Å². The first-order chi connectivity index (χ1) is 25.6. The number of urea groups is 1. The summed E-state index contributed by atoms with van der Waals surface area (Å²) in [4.78, 5) is 50.6. The van der Waals surface area contributed by atoms with Crippen LogP contribution in [-0.4, -0.2) is 77.7 Å². The molecular weight excluding hydrogens is 744 g/mol. The lowest BCUT2D eigenvalue weighted by Gasteiger charge is -2.28.